The molecular weight excluding hydrogens is 216 g/mol. The molecule has 6 heteroatoms. The van der Waals surface area contributed by atoms with E-state index < -0.39 is 17.9 Å². The smallest absolute Gasteiger partial charge is 0.338 e. The van der Waals surface area contributed by atoms with E-state index in [2.05, 4.69) is 11.3 Å². The Morgan fingerprint density at radius 1 is 1.44 bits per heavy atom. The van der Waals surface area contributed by atoms with Crippen LogP contribution in [0, 0.1) is 0 Å². The number of cyclic esters (lactones) is 2. The molecule has 0 saturated carbocycles. The van der Waals surface area contributed by atoms with Crippen molar-refractivity contribution in [3.05, 3.63) is 24.3 Å². The van der Waals surface area contributed by atoms with E-state index in [9.17, 15) is 14.4 Å². The maximum absolute atomic E-state index is 10.1. The Morgan fingerprint density at radius 3 is 2.19 bits per heavy atom. The van der Waals surface area contributed by atoms with E-state index >= 15 is 0 Å². The van der Waals surface area contributed by atoms with Crippen molar-refractivity contribution < 1.29 is 29.0 Å². The van der Waals surface area contributed by atoms with Crippen LogP contribution in [0.15, 0.2) is 24.3 Å². The van der Waals surface area contributed by atoms with Gasteiger partial charge in [0.25, 0.3) is 0 Å². The summed E-state index contributed by atoms with van der Waals surface area (Å²) in [7, 11) is 0. The highest BCUT2D eigenvalue weighted by Gasteiger charge is 2.24. The van der Waals surface area contributed by atoms with Gasteiger partial charge in [-0.25, -0.2) is 14.4 Å². The molecule has 2 aliphatic heterocycles. The first-order valence-corrected chi connectivity index (χ1v) is 4.45. The van der Waals surface area contributed by atoms with Crippen molar-refractivity contribution in [2.24, 2.45) is 0 Å². The predicted octanol–water partition coefficient (Wildman–Crippen LogP) is 0.0421. The third kappa shape index (κ3) is 4.52. The van der Waals surface area contributed by atoms with Crippen LogP contribution in [0.5, 0.6) is 0 Å². The summed E-state index contributed by atoms with van der Waals surface area (Å²) < 4.78 is 8.78. The van der Waals surface area contributed by atoms with Crippen molar-refractivity contribution in [1.82, 2.24) is 0 Å². The lowest BCUT2D eigenvalue weighted by Gasteiger charge is -1.92. The van der Waals surface area contributed by atoms with E-state index in [1.165, 1.54) is 0 Å². The molecule has 2 heterocycles. The average Bonchev–Trinajstić information content (AvgIpc) is 2.92. The quantitative estimate of drug-likeness (QED) is 0.316. The second-order valence-electron chi connectivity index (χ2n) is 3.14. The minimum Gasteiger partial charge on any atom is -0.478 e. The lowest BCUT2D eigenvalue weighted by atomic mass is 10.2. The number of carbonyl (C=O) groups is 3. The molecule has 1 unspecified atom stereocenters. The van der Waals surface area contributed by atoms with Crippen molar-refractivity contribution in [2.45, 2.75) is 12.5 Å². The SMILES string of the molecule is C=C(CC1CO1)C(=O)O.O=C1C=CC(=O)O1. The van der Waals surface area contributed by atoms with Crippen LogP contribution in [0.3, 0.4) is 0 Å². The van der Waals surface area contributed by atoms with Crippen LogP contribution in [-0.2, 0) is 23.9 Å². The maximum atomic E-state index is 10.1. The lowest BCUT2D eigenvalue weighted by molar-refractivity contribution is -0.150. The minimum atomic E-state index is -0.925. The number of hydrogen-bond donors (Lipinski definition) is 1. The number of carboxylic acid groups (broad SMARTS) is 1. The van der Waals surface area contributed by atoms with Gasteiger partial charge in [0, 0.05) is 24.1 Å². The molecule has 2 aliphatic rings. The van der Waals surface area contributed by atoms with Crippen molar-refractivity contribution in [3.63, 3.8) is 0 Å². The zero-order valence-corrected chi connectivity index (χ0v) is 8.34. The summed E-state index contributed by atoms with van der Waals surface area (Å²) in [6.45, 7) is 4.04. The van der Waals surface area contributed by atoms with E-state index in [4.69, 9.17) is 9.84 Å². The molecule has 0 spiro atoms. The van der Waals surface area contributed by atoms with Gasteiger partial charge in [-0.2, -0.15) is 0 Å². The molecule has 0 amide bonds. The van der Waals surface area contributed by atoms with Crippen LogP contribution in [0.1, 0.15) is 6.42 Å². The number of epoxide rings is 1. The molecule has 0 bridgehead atoms. The molecule has 1 saturated heterocycles. The van der Waals surface area contributed by atoms with Gasteiger partial charge in [0.15, 0.2) is 0 Å². The Hall–Kier alpha value is -1.95. The van der Waals surface area contributed by atoms with E-state index in [-0.39, 0.29) is 11.7 Å². The molecule has 1 fully saturated rings. The Labute approximate surface area is 91.1 Å². The van der Waals surface area contributed by atoms with Crippen LogP contribution < -0.4 is 0 Å². The van der Waals surface area contributed by atoms with E-state index in [0.717, 1.165) is 12.2 Å². The Morgan fingerprint density at radius 2 is 1.94 bits per heavy atom. The fourth-order valence-electron chi connectivity index (χ4n) is 0.851. The molecule has 2 rings (SSSR count). The van der Waals surface area contributed by atoms with Gasteiger partial charge in [-0.1, -0.05) is 6.58 Å². The second-order valence-corrected chi connectivity index (χ2v) is 3.14. The van der Waals surface area contributed by atoms with Gasteiger partial charge in [0.2, 0.25) is 0 Å². The van der Waals surface area contributed by atoms with E-state index in [0.29, 0.717) is 13.0 Å². The summed E-state index contributed by atoms with van der Waals surface area (Å²) >= 11 is 0. The third-order valence-electron chi connectivity index (χ3n) is 1.74. The van der Waals surface area contributed by atoms with Crippen LogP contribution in [0.25, 0.3) is 0 Å². The molecule has 0 aromatic rings. The number of ether oxygens (including phenoxy) is 2. The summed E-state index contributed by atoms with van der Waals surface area (Å²) in [5.41, 5.74) is 0.234. The largest absolute Gasteiger partial charge is 0.478 e. The van der Waals surface area contributed by atoms with Gasteiger partial charge in [-0.15, -0.1) is 0 Å². The molecule has 0 radical (unpaired) electrons. The van der Waals surface area contributed by atoms with Crippen molar-refractivity contribution >= 4 is 17.9 Å². The average molecular weight is 226 g/mol. The normalized spacial score (nSPS) is 20.9. The van der Waals surface area contributed by atoms with Crippen LogP contribution in [-0.4, -0.2) is 35.7 Å². The molecule has 0 aliphatic carbocycles. The van der Waals surface area contributed by atoms with Crippen molar-refractivity contribution in [3.8, 4) is 0 Å². The van der Waals surface area contributed by atoms with Gasteiger partial charge in [-0.05, 0) is 0 Å². The standard InChI is InChI=1S/C6H8O3.C4H2O3/c1-4(6(7)8)2-5-3-9-5;5-3-1-2-4(6)7-3/h5H,1-3H2,(H,7,8);1-2H. The van der Waals surface area contributed by atoms with Crippen LogP contribution in [0.2, 0.25) is 0 Å². The topological polar surface area (TPSA) is 93.2 Å². The first-order chi connectivity index (χ1) is 7.49. The van der Waals surface area contributed by atoms with Gasteiger partial charge in [0.1, 0.15) is 0 Å². The van der Waals surface area contributed by atoms with E-state index in [1.807, 2.05) is 0 Å². The number of rotatable bonds is 3. The van der Waals surface area contributed by atoms with Gasteiger partial charge in [-0.3, -0.25) is 0 Å². The van der Waals surface area contributed by atoms with Gasteiger partial charge in [0.05, 0.1) is 12.7 Å². The molecule has 6 nitrogen and oxygen atoms in total. The van der Waals surface area contributed by atoms with Crippen LogP contribution >= 0.6 is 0 Å². The highest BCUT2D eigenvalue weighted by atomic mass is 16.6. The molecule has 1 N–H and O–H groups in total. The summed E-state index contributed by atoms with van der Waals surface area (Å²) in [5, 5.41) is 8.30. The predicted molar refractivity (Wildman–Crippen MR) is 51.4 cm³/mol. The number of aliphatic carboxylic acids is 1. The third-order valence-corrected chi connectivity index (χ3v) is 1.74. The number of carboxylic acids is 1. The van der Waals surface area contributed by atoms with E-state index in [1.54, 1.807) is 0 Å². The Bertz CT molecular complexity index is 348. The zero-order chi connectivity index (χ0) is 12.1. The molecular formula is C10H10O6. The van der Waals surface area contributed by atoms with Gasteiger partial charge >= 0.3 is 17.9 Å². The summed E-state index contributed by atoms with van der Waals surface area (Å²) in [6, 6.07) is 0. The molecule has 0 aromatic carbocycles. The second kappa shape index (κ2) is 5.22. The fraction of sp³-hybridized carbons (Fsp3) is 0.300. The highest BCUT2D eigenvalue weighted by molar-refractivity contribution is 6.04. The molecule has 1 atom stereocenters. The fourth-order valence-corrected chi connectivity index (χ4v) is 0.851. The molecule has 86 valence electrons. The maximum Gasteiger partial charge on any atom is 0.338 e. The van der Waals surface area contributed by atoms with Gasteiger partial charge < -0.3 is 14.6 Å². The number of esters is 2. The molecule has 0 aromatic heterocycles. The monoisotopic (exact) mass is 226 g/mol. The summed E-state index contributed by atoms with van der Waals surface area (Å²) in [6.07, 6.45) is 2.77. The Balaban J connectivity index is 0.000000165. The minimum absolute atomic E-state index is 0.133. The first kappa shape index (κ1) is 12.1. The van der Waals surface area contributed by atoms with Crippen LogP contribution in [0.4, 0.5) is 0 Å². The summed E-state index contributed by atoms with van der Waals surface area (Å²) in [4.78, 5) is 30.0. The number of carbonyl (C=O) groups excluding carboxylic acids is 2. The molecule has 16 heavy (non-hydrogen) atoms. The first-order valence-electron chi connectivity index (χ1n) is 4.45. The lowest BCUT2D eigenvalue weighted by Crippen LogP contribution is -2.01. The number of hydrogen-bond acceptors (Lipinski definition) is 5. The highest BCUT2D eigenvalue weighted by Crippen LogP contribution is 2.17. The van der Waals surface area contributed by atoms with Crippen molar-refractivity contribution in [2.75, 3.05) is 6.61 Å². The zero-order valence-electron chi connectivity index (χ0n) is 8.34. The summed E-state index contributed by atoms with van der Waals surface area (Å²) in [5.74, 6) is -2.08. The Kier molecular flexibility index (Phi) is 3.96. The van der Waals surface area contributed by atoms with Crippen molar-refractivity contribution in [1.29, 1.82) is 0 Å².